The van der Waals surface area contributed by atoms with Crippen LogP contribution in [-0.4, -0.2) is 29.8 Å². The van der Waals surface area contributed by atoms with E-state index in [1.807, 2.05) is 4.68 Å². The topological polar surface area (TPSA) is 106 Å². The zero-order chi connectivity index (χ0) is 21.1. The minimum atomic E-state index is -0.669. The summed E-state index contributed by atoms with van der Waals surface area (Å²) < 4.78 is 15.8. The number of nitrogens with one attached hydrogen (secondary N) is 1. The Kier molecular flexibility index (Phi) is 3.77. The van der Waals surface area contributed by atoms with Crippen LogP contribution in [0.2, 0.25) is 0 Å². The van der Waals surface area contributed by atoms with Gasteiger partial charge in [0.15, 0.2) is 17.2 Å². The van der Waals surface area contributed by atoms with E-state index in [4.69, 9.17) is 10.8 Å². The molecule has 0 saturated heterocycles. The average molecular weight is 414 g/mol. The number of aryl methyl sites for hydroxylation is 1. The maximum Gasteiger partial charge on any atom is 0.165 e. The Bertz CT molecular complexity index is 1430. The number of nitrogen functional groups attached to an aromatic ring is 1. The largest absolute Gasteiger partial charge is 0.505 e. The molecule has 1 aliphatic rings. The number of phenolic OH excluding ortho intramolecular Hbond substituents is 1. The minimum Gasteiger partial charge on any atom is -0.505 e. The molecule has 5 aromatic rings. The van der Waals surface area contributed by atoms with Crippen LogP contribution in [0.5, 0.6) is 5.75 Å². The Hall–Kier alpha value is -3.94. The smallest absolute Gasteiger partial charge is 0.165 e. The number of anilines is 1. The van der Waals surface area contributed by atoms with E-state index in [9.17, 15) is 9.50 Å². The fraction of sp³-hybridized carbons (Fsp3) is 0.174. The van der Waals surface area contributed by atoms with Gasteiger partial charge < -0.3 is 15.8 Å². The highest BCUT2D eigenvalue weighted by molar-refractivity contribution is 6.00. The van der Waals surface area contributed by atoms with Gasteiger partial charge >= 0.3 is 0 Å². The summed E-state index contributed by atoms with van der Waals surface area (Å²) in [6, 6.07) is 13.1. The second kappa shape index (κ2) is 6.53. The molecule has 0 bridgehead atoms. The maximum absolute atomic E-state index is 13.8. The molecule has 0 saturated carbocycles. The second-order valence-corrected chi connectivity index (χ2v) is 7.99. The molecule has 7 nitrogen and oxygen atoms in total. The lowest BCUT2D eigenvalue weighted by Crippen LogP contribution is -2.20. The molecular weight excluding hydrogens is 395 g/mol. The Morgan fingerprint density at radius 3 is 2.84 bits per heavy atom. The van der Waals surface area contributed by atoms with E-state index in [1.54, 1.807) is 6.07 Å². The van der Waals surface area contributed by atoms with Crippen molar-refractivity contribution < 1.29 is 9.50 Å². The molecule has 4 N–H and O–H groups in total. The third-order valence-corrected chi connectivity index (χ3v) is 6.13. The van der Waals surface area contributed by atoms with Crippen LogP contribution < -0.4 is 5.73 Å². The molecule has 154 valence electrons. The first-order valence-corrected chi connectivity index (χ1v) is 10.2. The van der Waals surface area contributed by atoms with Crippen molar-refractivity contribution in [3.63, 3.8) is 0 Å². The quantitative estimate of drug-likeness (QED) is 0.403. The van der Waals surface area contributed by atoms with Crippen LogP contribution in [-0.2, 0) is 12.8 Å². The lowest BCUT2D eigenvalue weighted by Gasteiger charge is -2.25. The molecule has 3 aromatic heterocycles. The van der Waals surface area contributed by atoms with Gasteiger partial charge in [-0.15, -0.1) is 0 Å². The van der Waals surface area contributed by atoms with Crippen LogP contribution in [0.15, 0.2) is 48.8 Å². The number of hydrogen-bond donors (Lipinski definition) is 3. The number of aromatic hydroxyl groups is 1. The van der Waals surface area contributed by atoms with Crippen molar-refractivity contribution in [3.05, 3.63) is 65.7 Å². The molecule has 2 aromatic carbocycles. The van der Waals surface area contributed by atoms with Gasteiger partial charge in [-0.1, -0.05) is 24.3 Å². The number of H-pyrrole nitrogens is 1. The predicted octanol–water partition coefficient (Wildman–Crippen LogP) is 4.13. The van der Waals surface area contributed by atoms with Crippen LogP contribution in [0.1, 0.15) is 23.6 Å². The zero-order valence-electron chi connectivity index (χ0n) is 16.5. The van der Waals surface area contributed by atoms with Crippen LogP contribution in [0.4, 0.5) is 10.2 Å². The number of nitrogens with two attached hydrogens (primary N) is 1. The number of phenols is 1. The minimum absolute atomic E-state index is 0.145. The summed E-state index contributed by atoms with van der Waals surface area (Å²) in [7, 11) is 0. The highest BCUT2D eigenvalue weighted by Crippen LogP contribution is 2.37. The van der Waals surface area contributed by atoms with Gasteiger partial charge in [0.05, 0.1) is 17.1 Å². The van der Waals surface area contributed by atoms with Crippen LogP contribution in [0, 0.1) is 5.82 Å². The third kappa shape index (κ3) is 2.75. The summed E-state index contributed by atoms with van der Waals surface area (Å²) in [5.74, 6) is -0.729. The summed E-state index contributed by atoms with van der Waals surface area (Å²) in [5, 5.41) is 15.9. The Labute approximate surface area is 176 Å². The van der Waals surface area contributed by atoms with Gasteiger partial charge in [-0.05, 0) is 42.5 Å². The van der Waals surface area contributed by atoms with Gasteiger partial charge in [-0.3, -0.25) is 0 Å². The van der Waals surface area contributed by atoms with Gasteiger partial charge in [0, 0.05) is 17.0 Å². The summed E-state index contributed by atoms with van der Waals surface area (Å²) in [5.41, 5.74) is 11.5. The normalized spacial score (nSPS) is 16.1. The van der Waals surface area contributed by atoms with E-state index in [1.165, 1.54) is 29.6 Å². The van der Waals surface area contributed by atoms with Gasteiger partial charge in [-0.2, -0.15) is 5.10 Å². The molecule has 3 heterocycles. The van der Waals surface area contributed by atoms with E-state index >= 15 is 0 Å². The first-order valence-electron chi connectivity index (χ1n) is 10.2. The first kappa shape index (κ1) is 17.9. The van der Waals surface area contributed by atoms with Crippen molar-refractivity contribution in [2.45, 2.75) is 25.3 Å². The number of hydrogen-bond acceptors (Lipinski definition) is 5. The Morgan fingerprint density at radius 2 is 1.97 bits per heavy atom. The molecule has 1 aliphatic carbocycles. The van der Waals surface area contributed by atoms with Crippen molar-refractivity contribution in [1.29, 1.82) is 0 Å². The van der Waals surface area contributed by atoms with E-state index in [0.29, 0.717) is 39.1 Å². The fourth-order valence-corrected chi connectivity index (χ4v) is 4.59. The number of aromatic amines is 1. The van der Waals surface area contributed by atoms with E-state index in [0.717, 1.165) is 19.3 Å². The summed E-state index contributed by atoms with van der Waals surface area (Å²) in [6.07, 6.45) is 4.24. The molecule has 0 spiro atoms. The Balaban J connectivity index is 1.52. The average Bonchev–Trinajstić information content (AvgIpc) is 3.36. The first-order chi connectivity index (χ1) is 15.1. The van der Waals surface area contributed by atoms with E-state index < -0.39 is 11.6 Å². The molecule has 0 radical (unpaired) electrons. The molecule has 31 heavy (non-hydrogen) atoms. The molecule has 6 rings (SSSR count). The van der Waals surface area contributed by atoms with E-state index in [-0.39, 0.29) is 6.04 Å². The van der Waals surface area contributed by atoms with E-state index in [2.05, 4.69) is 39.2 Å². The number of nitrogens with zero attached hydrogens (tertiary/aromatic N) is 4. The molecular formula is C23H19FN6O. The highest BCUT2D eigenvalue weighted by atomic mass is 19.1. The van der Waals surface area contributed by atoms with Gasteiger partial charge in [0.2, 0.25) is 0 Å². The molecule has 0 aliphatic heterocycles. The molecule has 1 unspecified atom stereocenters. The zero-order valence-corrected chi connectivity index (χ0v) is 16.5. The fourth-order valence-electron chi connectivity index (χ4n) is 4.59. The van der Waals surface area contributed by atoms with Gasteiger partial charge in [0.1, 0.15) is 17.8 Å². The van der Waals surface area contributed by atoms with Crippen molar-refractivity contribution in [3.8, 4) is 17.1 Å². The number of halogens is 1. The summed E-state index contributed by atoms with van der Waals surface area (Å²) in [6.45, 7) is 0. The number of aromatic nitrogens is 5. The number of benzene rings is 2. The number of rotatable bonds is 2. The summed E-state index contributed by atoms with van der Waals surface area (Å²) >= 11 is 0. The van der Waals surface area contributed by atoms with Crippen LogP contribution in [0.25, 0.3) is 33.3 Å². The summed E-state index contributed by atoms with van der Waals surface area (Å²) in [4.78, 5) is 11.9. The Morgan fingerprint density at radius 1 is 1.13 bits per heavy atom. The third-order valence-electron chi connectivity index (χ3n) is 6.13. The lowest BCUT2D eigenvalue weighted by molar-refractivity contribution is 0.415. The van der Waals surface area contributed by atoms with Crippen LogP contribution >= 0.6 is 0 Å². The standard InChI is InChI=1S/C23H19FN6O/c24-16-8-14-9-18(28-17(14)10-19(16)31)21-20-22(25)26-11-27-23(20)30(29-21)15-6-5-12-3-1-2-4-13(12)7-15/h1-4,8-11,15,28,31H,5-7H2,(H2,25,26,27). The van der Waals surface area contributed by atoms with Crippen molar-refractivity contribution >= 4 is 27.8 Å². The maximum atomic E-state index is 13.8. The predicted molar refractivity (Wildman–Crippen MR) is 116 cm³/mol. The lowest BCUT2D eigenvalue weighted by atomic mass is 9.88. The van der Waals surface area contributed by atoms with Crippen molar-refractivity contribution in [1.82, 2.24) is 24.7 Å². The van der Waals surface area contributed by atoms with Crippen molar-refractivity contribution in [2.75, 3.05) is 5.73 Å². The molecule has 0 fully saturated rings. The SMILES string of the molecule is Nc1ncnc2c1c(-c1cc3cc(F)c(O)cc3[nH]1)nn2C1CCc2ccccc2C1. The number of fused-ring (bicyclic) bond motifs is 3. The second-order valence-electron chi connectivity index (χ2n) is 7.99. The molecule has 8 heteroatoms. The van der Waals surface area contributed by atoms with Gasteiger partial charge in [0.25, 0.3) is 0 Å². The van der Waals surface area contributed by atoms with Crippen molar-refractivity contribution in [2.24, 2.45) is 0 Å². The van der Waals surface area contributed by atoms with Crippen LogP contribution in [0.3, 0.4) is 0 Å². The monoisotopic (exact) mass is 414 g/mol. The highest BCUT2D eigenvalue weighted by Gasteiger charge is 2.26. The van der Waals surface area contributed by atoms with Gasteiger partial charge in [-0.25, -0.2) is 19.0 Å². The molecule has 1 atom stereocenters. The molecule has 0 amide bonds.